The maximum absolute atomic E-state index is 10.1. The first-order chi connectivity index (χ1) is 41.8. The van der Waals surface area contributed by atoms with Gasteiger partial charge in [0, 0.05) is 0 Å². The summed E-state index contributed by atoms with van der Waals surface area (Å²) in [5, 5.41) is 19.8. The molecule has 0 bridgehead atoms. The second kappa shape index (κ2) is 34.5. The molecule has 0 unspecified atom stereocenters. The lowest BCUT2D eigenvalue weighted by Crippen LogP contribution is -2.15. The summed E-state index contributed by atoms with van der Waals surface area (Å²) in [6, 6.07) is 83.2. The largest absolute Gasteiger partial charge is 0.508 e. The van der Waals surface area contributed by atoms with Crippen molar-refractivity contribution in [1.29, 1.82) is 0 Å². The first-order valence-corrected chi connectivity index (χ1v) is 29.8. The summed E-state index contributed by atoms with van der Waals surface area (Å²) < 4.78 is 17.1. The first kappa shape index (κ1) is 65.1. The van der Waals surface area contributed by atoms with Crippen LogP contribution < -0.4 is 0 Å². The minimum Gasteiger partial charge on any atom is -0.508 e. The standard InChI is InChI=1S/2C26H29NO2.C26H29NO/c1-4-25(21-9-6-5-7-10-21)26(23-11-8-12-24(28)17-23)22-15-13-20(14-16-22)18-29-19-27(2)3;1-4-25(21-8-6-5-7-9-21)26(23-14-16-24(28)17-15-23)22-12-10-20(11-13-22)18-29-19-27(2)3;1-4-25(22-11-7-5-8-12-22)26(23-13-9-6-10-14-23)24-17-15-21(16-18-24)19-28-20-27(2)3/h2*5-17,28H,4,18-19H2,1-3H3;5-18H,4,19-20H2,1-3H3/b2*26-25+;26-25-. The van der Waals surface area contributed by atoms with Gasteiger partial charge in [-0.3, -0.25) is 14.7 Å². The van der Waals surface area contributed by atoms with E-state index in [1.807, 2.05) is 93.4 Å². The number of allylic oxidation sites excluding steroid dienone is 3. The lowest BCUT2D eigenvalue weighted by atomic mass is 9.88. The Balaban J connectivity index is 0.000000185. The summed E-state index contributed by atoms with van der Waals surface area (Å²) >= 11 is 0. The Morgan fingerprint density at radius 3 is 0.814 bits per heavy atom. The van der Waals surface area contributed by atoms with E-state index in [9.17, 15) is 10.2 Å². The number of phenolic OH excluding ortho intramolecular Hbond substituents is 2. The van der Waals surface area contributed by atoms with Crippen LogP contribution >= 0.6 is 0 Å². The number of nitrogens with zero attached hydrogens (tertiary/aromatic N) is 3. The van der Waals surface area contributed by atoms with Crippen molar-refractivity contribution < 1.29 is 24.4 Å². The van der Waals surface area contributed by atoms with Gasteiger partial charge in [-0.05, 0) is 186 Å². The van der Waals surface area contributed by atoms with Gasteiger partial charge in [0.25, 0.3) is 0 Å². The summed E-state index contributed by atoms with van der Waals surface area (Å²) in [5.74, 6) is 0.552. The normalized spacial score (nSPS) is 12.1. The number of aromatic hydroxyl groups is 2. The lowest BCUT2D eigenvalue weighted by Gasteiger charge is -2.17. The molecule has 9 rings (SSSR count). The van der Waals surface area contributed by atoms with E-state index in [0.717, 1.165) is 58.2 Å². The molecule has 8 heteroatoms. The molecule has 2 N–H and O–H groups in total. The molecule has 0 spiro atoms. The Labute approximate surface area is 513 Å². The van der Waals surface area contributed by atoms with Crippen molar-refractivity contribution in [2.45, 2.75) is 59.9 Å². The molecular weight excluding hydrogens is 1060 g/mol. The van der Waals surface area contributed by atoms with Gasteiger partial charge in [0.15, 0.2) is 0 Å². The molecule has 444 valence electrons. The molecule has 9 aromatic rings. The van der Waals surface area contributed by atoms with Crippen LogP contribution in [0.1, 0.15) is 107 Å². The first-order valence-electron chi connectivity index (χ1n) is 29.8. The molecule has 0 atom stereocenters. The van der Waals surface area contributed by atoms with Crippen LogP contribution in [0.15, 0.2) is 243 Å². The SMILES string of the molecule is CC/C(=C(/c1ccc(COCN(C)C)cc1)c1cccc(O)c1)c1ccccc1.CC/C(=C(\c1ccc(O)cc1)c1ccc(COCN(C)C)cc1)c1ccccc1.CC/C(=C(\c1ccccc1)c1ccc(COCN(C)C)cc1)c1ccccc1. The third-order valence-electron chi connectivity index (χ3n) is 14.3. The van der Waals surface area contributed by atoms with Crippen molar-refractivity contribution in [2.75, 3.05) is 62.5 Å². The Morgan fingerprint density at radius 2 is 0.535 bits per heavy atom. The van der Waals surface area contributed by atoms with E-state index in [4.69, 9.17) is 14.2 Å². The molecule has 0 radical (unpaired) electrons. The predicted molar refractivity (Wildman–Crippen MR) is 360 cm³/mol. The summed E-state index contributed by atoms with van der Waals surface area (Å²) in [5.41, 5.74) is 21.6. The smallest absolute Gasteiger partial charge is 0.116 e. The van der Waals surface area contributed by atoms with E-state index in [1.54, 1.807) is 18.2 Å². The van der Waals surface area contributed by atoms with Crippen molar-refractivity contribution in [3.63, 3.8) is 0 Å². The fourth-order valence-corrected chi connectivity index (χ4v) is 10.3. The van der Waals surface area contributed by atoms with Crippen molar-refractivity contribution in [3.8, 4) is 11.5 Å². The van der Waals surface area contributed by atoms with Gasteiger partial charge in [-0.1, -0.05) is 239 Å². The highest BCUT2D eigenvalue weighted by Crippen LogP contribution is 2.38. The van der Waals surface area contributed by atoms with Crippen LogP contribution in [0.5, 0.6) is 11.5 Å². The van der Waals surface area contributed by atoms with Crippen molar-refractivity contribution in [3.05, 3.63) is 309 Å². The Bertz CT molecular complexity index is 3510. The lowest BCUT2D eigenvalue weighted by molar-refractivity contribution is 0.0450. The van der Waals surface area contributed by atoms with Crippen molar-refractivity contribution in [1.82, 2.24) is 14.7 Å². The molecule has 8 nitrogen and oxygen atoms in total. The maximum atomic E-state index is 10.1. The third kappa shape index (κ3) is 19.8. The third-order valence-corrected chi connectivity index (χ3v) is 14.3. The molecule has 0 saturated carbocycles. The van der Waals surface area contributed by atoms with Crippen molar-refractivity contribution in [2.24, 2.45) is 0 Å². The van der Waals surface area contributed by atoms with E-state index in [-0.39, 0.29) is 11.5 Å². The highest BCUT2D eigenvalue weighted by atomic mass is 16.5. The monoisotopic (exact) mass is 1150 g/mol. The van der Waals surface area contributed by atoms with Gasteiger partial charge < -0.3 is 24.4 Å². The van der Waals surface area contributed by atoms with Gasteiger partial charge in [-0.2, -0.15) is 0 Å². The summed E-state index contributed by atoms with van der Waals surface area (Å²) in [6.07, 6.45) is 2.78. The molecule has 0 aromatic heterocycles. The second-order valence-electron chi connectivity index (χ2n) is 21.9. The van der Waals surface area contributed by atoms with Crippen LogP contribution in [-0.2, 0) is 34.0 Å². The zero-order valence-corrected chi connectivity index (χ0v) is 51.9. The summed E-state index contributed by atoms with van der Waals surface area (Å²) in [4.78, 5) is 6.04. The maximum Gasteiger partial charge on any atom is 0.116 e. The average molecular weight is 1150 g/mol. The number of benzene rings is 9. The highest BCUT2D eigenvalue weighted by molar-refractivity contribution is 6.00. The van der Waals surface area contributed by atoms with Gasteiger partial charge in [0.1, 0.15) is 11.5 Å². The fourth-order valence-electron chi connectivity index (χ4n) is 10.3. The van der Waals surface area contributed by atoms with E-state index in [2.05, 4.69) is 209 Å². The van der Waals surface area contributed by atoms with Gasteiger partial charge in [-0.15, -0.1) is 0 Å². The molecule has 0 heterocycles. The number of rotatable bonds is 24. The minimum atomic E-state index is 0.275. The molecule has 0 amide bonds. The molecule has 86 heavy (non-hydrogen) atoms. The molecule has 0 aliphatic rings. The Morgan fingerprint density at radius 1 is 0.279 bits per heavy atom. The van der Waals surface area contributed by atoms with Crippen LogP contribution in [-0.4, -0.2) is 87.4 Å². The Kier molecular flexibility index (Phi) is 26.1. The van der Waals surface area contributed by atoms with Gasteiger partial charge >= 0.3 is 0 Å². The number of hydrogen-bond donors (Lipinski definition) is 2. The van der Waals surface area contributed by atoms with Crippen molar-refractivity contribution >= 4 is 33.4 Å². The quantitative estimate of drug-likeness (QED) is 0.0458. The zero-order valence-electron chi connectivity index (χ0n) is 51.9. The molecule has 0 aliphatic carbocycles. The van der Waals surface area contributed by atoms with E-state index < -0.39 is 0 Å². The molecule has 9 aromatic carbocycles. The number of hydrogen-bond acceptors (Lipinski definition) is 8. The molecule has 0 aliphatic heterocycles. The average Bonchev–Trinajstić information content (AvgIpc) is 2.83. The van der Waals surface area contributed by atoms with Gasteiger partial charge in [0.05, 0.1) is 40.0 Å². The molecule has 0 saturated heterocycles. The van der Waals surface area contributed by atoms with Crippen LogP contribution in [0.2, 0.25) is 0 Å². The zero-order chi connectivity index (χ0) is 61.0. The van der Waals surface area contributed by atoms with E-state index in [0.29, 0.717) is 40.0 Å². The summed E-state index contributed by atoms with van der Waals surface area (Å²) in [7, 11) is 12.0. The highest BCUT2D eigenvalue weighted by Gasteiger charge is 2.17. The summed E-state index contributed by atoms with van der Waals surface area (Å²) in [6.45, 7) is 10.2. The van der Waals surface area contributed by atoms with Crippen LogP contribution in [0.25, 0.3) is 33.4 Å². The van der Waals surface area contributed by atoms with Gasteiger partial charge in [0.2, 0.25) is 0 Å². The van der Waals surface area contributed by atoms with Crippen LogP contribution in [0.3, 0.4) is 0 Å². The molecule has 0 fully saturated rings. The topological polar surface area (TPSA) is 77.9 Å². The van der Waals surface area contributed by atoms with Gasteiger partial charge in [-0.25, -0.2) is 0 Å². The van der Waals surface area contributed by atoms with Crippen LogP contribution in [0.4, 0.5) is 0 Å². The number of ether oxygens (including phenoxy) is 3. The Hall–Kier alpha value is -8.44. The fraction of sp³-hybridized carbons (Fsp3) is 0.231. The minimum absolute atomic E-state index is 0.275. The van der Waals surface area contributed by atoms with E-state index >= 15 is 0 Å². The van der Waals surface area contributed by atoms with E-state index in [1.165, 1.54) is 61.2 Å². The predicted octanol–water partition coefficient (Wildman–Crippen LogP) is 17.7. The molecular formula is C78H87N3O5. The van der Waals surface area contributed by atoms with Crippen LogP contribution in [0, 0.1) is 0 Å². The second-order valence-corrected chi connectivity index (χ2v) is 21.9. The number of phenols is 2.